The van der Waals surface area contributed by atoms with Gasteiger partial charge in [-0.25, -0.2) is 8.78 Å². The van der Waals surface area contributed by atoms with E-state index in [1.54, 1.807) is 0 Å². The van der Waals surface area contributed by atoms with E-state index in [9.17, 15) is 57.1 Å². The highest BCUT2D eigenvalue weighted by molar-refractivity contribution is 5.26. The number of halogens is 13. The summed E-state index contributed by atoms with van der Waals surface area (Å²) in [6.07, 6.45) is -24.4. The van der Waals surface area contributed by atoms with E-state index in [1.165, 1.54) is 0 Å². The molecule has 0 aliphatic heterocycles. The van der Waals surface area contributed by atoms with Crippen molar-refractivity contribution in [3.63, 3.8) is 0 Å². The third-order valence-electron chi connectivity index (χ3n) is 1.79. The SMILES string of the molecule is FC(F)COC(=C(C(F)(F)F)C(F)(F)F)C(F)(F)C(F)(F)F. The van der Waals surface area contributed by atoms with Gasteiger partial charge in [-0.05, 0) is 0 Å². The van der Waals surface area contributed by atoms with Crippen molar-refractivity contribution >= 4 is 0 Å². The standard InChI is InChI=1S/C8H3F13O/c9-2(10)1-22-4(5(11,12)8(19,20)21)3(6(13,14)15)7(16,17)18/h2H,1H2. The molecule has 132 valence electrons. The predicted molar refractivity (Wildman–Crippen MR) is 42.1 cm³/mol. The lowest BCUT2D eigenvalue weighted by molar-refractivity contribution is -0.283. The van der Waals surface area contributed by atoms with E-state index in [1.807, 2.05) is 0 Å². The second kappa shape index (κ2) is 6.02. The first-order chi connectivity index (χ1) is 9.42. The molecule has 0 aromatic carbocycles. The zero-order chi connectivity index (χ0) is 18.1. The summed E-state index contributed by atoms with van der Waals surface area (Å²) in [5, 5.41) is 0. The molecular formula is C8H3F13O. The van der Waals surface area contributed by atoms with Crippen molar-refractivity contribution in [2.45, 2.75) is 30.9 Å². The Morgan fingerprint density at radius 3 is 1.32 bits per heavy atom. The number of hydrogen-bond donors (Lipinski definition) is 0. The molecule has 0 rings (SSSR count). The minimum atomic E-state index is -6.94. The van der Waals surface area contributed by atoms with Crippen LogP contribution >= 0.6 is 0 Å². The Hall–Kier alpha value is -1.37. The Labute approximate surface area is 112 Å². The topological polar surface area (TPSA) is 9.23 Å². The highest BCUT2D eigenvalue weighted by Gasteiger charge is 2.67. The van der Waals surface area contributed by atoms with Crippen LogP contribution in [0.1, 0.15) is 0 Å². The third kappa shape index (κ3) is 4.83. The first kappa shape index (κ1) is 20.6. The number of rotatable bonds is 4. The summed E-state index contributed by atoms with van der Waals surface area (Å²) in [7, 11) is 0. The third-order valence-corrected chi connectivity index (χ3v) is 1.79. The first-order valence-corrected chi connectivity index (χ1v) is 4.67. The van der Waals surface area contributed by atoms with Gasteiger partial charge in [-0.2, -0.15) is 48.3 Å². The molecule has 0 aliphatic carbocycles. The average Bonchev–Trinajstić information content (AvgIpc) is 2.17. The Morgan fingerprint density at radius 2 is 1.09 bits per heavy atom. The Bertz CT molecular complexity index is 393. The predicted octanol–water partition coefficient (Wildman–Crippen LogP) is 4.84. The van der Waals surface area contributed by atoms with Crippen molar-refractivity contribution in [2.24, 2.45) is 0 Å². The van der Waals surface area contributed by atoms with Gasteiger partial charge in [0.1, 0.15) is 6.61 Å². The second-order valence-electron chi connectivity index (χ2n) is 3.47. The van der Waals surface area contributed by atoms with Gasteiger partial charge < -0.3 is 4.74 Å². The maximum atomic E-state index is 12.8. The summed E-state index contributed by atoms with van der Waals surface area (Å²) in [5.41, 5.74) is -4.36. The molecule has 0 aliphatic rings. The smallest absolute Gasteiger partial charge is 0.461 e. The first-order valence-electron chi connectivity index (χ1n) is 4.67. The van der Waals surface area contributed by atoms with Gasteiger partial charge in [0.2, 0.25) is 0 Å². The fourth-order valence-corrected chi connectivity index (χ4v) is 1.01. The van der Waals surface area contributed by atoms with E-state index in [-0.39, 0.29) is 0 Å². The van der Waals surface area contributed by atoms with Crippen molar-refractivity contribution in [3.05, 3.63) is 11.3 Å². The molecule has 0 atom stereocenters. The minimum Gasteiger partial charge on any atom is -0.485 e. The molecule has 0 saturated carbocycles. The van der Waals surface area contributed by atoms with Crippen LogP contribution in [0.25, 0.3) is 0 Å². The molecule has 0 unspecified atom stereocenters. The zero-order valence-corrected chi connectivity index (χ0v) is 9.61. The fourth-order valence-electron chi connectivity index (χ4n) is 1.01. The molecule has 14 heteroatoms. The summed E-state index contributed by atoms with van der Waals surface area (Å²) < 4.78 is 161. The normalized spacial score (nSPS) is 14.3. The number of alkyl halides is 13. The van der Waals surface area contributed by atoms with Crippen LogP contribution in [0, 0.1) is 0 Å². The summed E-state index contributed by atoms with van der Waals surface area (Å²) in [6.45, 7) is -2.53. The highest BCUT2D eigenvalue weighted by atomic mass is 19.4. The second-order valence-corrected chi connectivity index (χ2v) is 3.47. The minimum absolute atomic E-state index is 2.53. The van der Waals surface area contributed by atoms with E-state index < -0.39 is 48.8 Å². The number of allylic oxidation sites excluding steroid dienone is 2. The average molecular weight is 362 g/mol. The molecule has 1 nitrogen and oxygen atoms in total. The summed E-state index contributed by atoms with van der Waals surface area (Å²) in [6, 6.07) is 0. The van der Waals surface area contributed by atoms with Gasteiger partial charge in [0.25, 0.3) is 6.43 Å². The van der Waals surface area contributed by atoms with E-state index in [4.69, 9.17) is 0 Å². The van der Waals surface area contributed by atoms with Crippen molar-refractivity contribution in [1.82, 2.24) is 0 Å². The Balaban J connectivity index is 6.40. The molecule has 0 aromatic heterocycles. The van der Waals surface area contributed by atoms with Gasteiger partial charge in [0, 0.05) is 0 Å². The van der Waals surface area contributed by atoms with Crippen molar-refractivity contribution in [2.75, 3.05) is 6.61 Å². The molecule has 0 spiro atoms. The van der Waals surface area contributed by atoms with Gasteiger partial charge in [0.05, 0.1) is 0 Å². The van der Waals surface area contributed by atoms with Gasteiger partial charge >= 0.3 is 24.5 Å². The van der Waals surface area contributed by atoms with Gasteiger partial charge in [0.15, 0.2) is 11.3 Å². The van der Waals surface area contributed by atoms with Crippen LogP contribution in [0.3, 0.4) is 0 Å². The van der Waals surface area contributed by atoms with Gasteiger partial charge in [-0.15, -0.1) is 0 Å². The molecular weight excluding hydrogens is 359 g/mol. The lowest BCUT2D eigenvalue weighted by atomic mass is 10.1. The van der Waals surface area contributed by atoms with Crippen LogP contribution in [-0.2, 0) is 4.74 Å². The lowest BCUT2D eigenvalue weighted by Crippen LogP contribution is -2.44. The van der Waals surface area contributed by atoms with Crippen LogP contribution in [0.5, 0.6) is 0 Å². The van der Waals surface area contributed by atoms with E-state index in [2.05, 4.69) is 4.74 Å². The molecule has 0 N–H and O–H groups in total. The maximum absolute atomic E-state index is 12.8. The number of hydrogen-bond acceptors (Lipinski definition) is 1. The maximum Gasteiger partial charge on any atom is 0.461 e. The van der Waals surface area contributed by atoms with Gasteiger partial charge in [-0.1, -0.05) is 0 Å². The van der Waals surface area contributed by atoms with E-state index >= 15 is 0 Å². The fraction of sp³-hybridized carbons (Fsp3) is 0.750. The molecule has 0 aromatic rings. The summed E-state index contributed by atoms with van der Waals surface area (Å²) >= 11 is 0. The molecule has 0 amide bonds. The van der Waals surface area contributed by atoms with Crippen molar-refractivity contribution in [3.8, 4) is 0 Å². The van der Waals surface area contributed by atoms with Crippen molar-refractivity contribution < 1.29 is 61.8 Å². The summed E-state index contributed by atoms with van der Waals surface area (Å²) in [4.78, 5) is 0. The van der Waals surface area contributed by atoms with E-state index in [0.717, 1.165) is 0 Å². The molecule has 0 bridgehead atoms. The quantitative estimate of drug-likeness (QED) is 0.514. The molecule has 0 radical (unpaired) electrons. The van der Waals surface area contributed by atoms with Crippen LogP contribution in [-0.4, -0.2) is 37.5 Å². The Kier molecular flexibility index (Phi) is 5.65. The van der Waals surface area contributed by atoms with Crippen LogP contribution in [0.2, 0.25) is 0 Å². The monoisotopic (exact) mass is 362 g/mol. The van der Waals surface area contributed by atoms with Gasteiger partial charge in [-0.3, -0.25) is 0 Å². The van der Waals surface area contributed by atoms with Crippen LogP contribution in [0.4, 0.5) is 57.1 Å². The zero-order valence-electron chi connectivity index (χ0n) is 9.61. The molecule has 0 heterocycles. The van der Waals surface area contributed by atoms with Crippen LogP contribution < -0.4 is 0 Å². The number of ether oxygens (including phenoxy) is 1. The lowest BCUT2D eigenvalue weighted by Gasteiger charge is -2.27. The highest BCUT2D eigenvalue weighted by Crippen LogP contribution is 2.49. The largest absolute Gasteiger partial charge is 0.485 e. The van der Waals surface area contributed by atoms with Crippen LogP contribution in [0.15, 0.2) is 11.3 Å². The molecule has 0 saturated heterocycles. The van der Waals surface area contributed by atoms with E-state index in [0.29, 0.717) is 0 Å². The Morgan fingerprint density at radius 1 is 0.727 bits per heavy atom. The molecule has 0 fully saturated rings. The molecule has 22 heavy (non-hydrogen) atoms. The van der Waals surface area contributed by atoms with Crippen molar-refractivity contribution in [1.29, 1.82) is 0 Å². The summed E-state index contributed by atoms with van der Waals surface area (Å²) in [5.74, 6) is -10.8.